The molecule has 0 atom stereocenters. The maximum absolute atomic E-state index is 13.0. The summed E-state index contributed by atoms with van der Waals surface area (Å²) in [6, 6.07) is 21.2. The molecule has 126 valence electrons. The average Bonchev–Trinajstić information content (AvgIpc) is 2.58. The van der Waals surface area contributed by atoms with E-state index < -0.39 is 0 Å². The van der Waals surface area contributed by atoms with Gasteiger partial charge >= 0.3 is 0 Å². The summed E-state index contributed by atoms with van der Waals surface area (Å²) in [6.07, 6.45) is 3.03. The molecule has 0 amide bonds. The Hall–Kier alpha value is -1.45. The lowest BCUT2D eigenvalue weighted by Crippen LogP contribution is -3.00. The van der Waals surface area contributed by atoms with E-state index in [0.29, 0.717) is 5.78 Å². The molecule has 3 heteroatoms. The summed E-state index contributed by atoms with van der Waals surface area (Å²) in [5.74, 6) is 0.495. The first-order valence-electron chi connectivity index (χ1n) is 8.66. The van der Waals surface area contributed by atoms with Crippen molar-refractivity contribution in [1.29, 1.82) is 0 Å². The summed E-state index contributed by atoms with van der Waals surface area (Å²) in [4.78, 5) is 13.0. The maximum atomic E-state index is 13.0. The molecule has 0 N–H and O–H groups in total. The number of piperidine rings is 3. The molecule has 0 aromatic heterocycles. The van der Waals surface area contributed by atoms with Gasteiger partial charge in [-0.1, -0.05) is 60.7 Å². The second kappa shape index (κ2) is 6.81. The number of Topliss-reactive ketones (excluding diaryl/α,β-unsaturated/α-hetero) is 1. The van der Waals surface area contributed by atoms with Gasteiger partial charge in [-0.05, 0) is 12.0 Å². The van der Waals surface area contributed by atoms with Gasteiger partial charge in [-0.2, -0.15) is 0 Å². The Labute approximate surface area is 154 Å². The lowest BCUT2D eigenvalue weighted by atomic mass is 9.66. The number of benzene rings is 2. The van der Waals surface area contributed by atoms with E-state index in [1.165, 1.54) is 11.1 Å². The van der Waals surface area contributed by atoms with Gasteiger partial charge in [0.15, 0.2) is 5.78 Å². The van der Waals surface area contributed by atoms with Crippen LogP contribution in [0.1, 0.15) is 24.0 Å². The van der Waals surface area contributed by atoms with E-state index in [9.17, 15) is 4.79 Å². The van der Waals surface area contributed by atoms with Crippen molar-refractivity contribution >= 4 is 5.78 Å². The second-order valence-electron chi connectivity index (χ2n) is 7.46. The first-order valence-corrected chi connectivity index (χ1v) is 8.66. The highest BCUT2D eigenvalue weighted by molar-refractivity contribution is 5.87. The van der Waals surface area contributed by atoms with Crippen LogP contribution in [0.25, 0.3) is 0 Å². The summed E-state index contributed by atoms with van der Waals surface area (Å²) >= 11 is 0. The normalized spacial score (nSPS) is 28.4. The molecular weight excluding hydrogens is 362 g/mol. The molecule has 0 radical (unpaired) electrons. The minimum absolute atomic E-state index is 0. The van der Waals surface area contributed by atoms with Crippen molar-refractivity contribution < 1.29 is 26.3 Å². The zero-order valence-corrected chi connectivity index (χ0v) is 15.5. The molecular formula is C21H24BrNO. The lowest BCUT2D eigenvalue weighted by Gasteiger charge is -2.53. The van der Waals surface area contributed by atoms with Gasteiger partial charge < -0.3 is 21.5 Å². The predicted octanol–water partition coefficient (Wildman–Crippen LogP) is 0.613. The number of hydrogen-bond acceptors (Lipinski definition) is 1. The van der Waals surface area contributed by atoms with Crippen LogP contribution in [-0.2, 0) is 17.8 Å². The number of hydrogen-bond donors (Lipinski definition) is 0. The summed E-state index contributed by atoms with van der Waals surface area (Å²) in [5, 5.41) is 0. The molecule has 3 heterocycles. The Morgan fingerprint density at radius 1 is 0.833 bits per heavy atom. The lowest BCUT2D eigenvalue weighted by molar-refractivity contribution is -0.945. The van der Waals surface area contributed by atoms with E-state index in [0.717, 1.165) is 49.9 Å². The number of carbonyl (C=O) groups is 1. The zero-order chi connectivity index (χ0) is 15.8. The Morgan fingerprint density at radius 3 is 1.92 bits per heavy atom. The summed E-state index contributed by atoms with van der Waals surface area (Å²) in [7, 11) is 0. The van der Waals surface area contributed by atoms with E-state index in [1.807, 2.05) is 6.07 Å². The monoisotopic (exact) mass is 385 g/mol. The Morgan fingerprint density at radius 2 is 1.38 bits per heavy atom. The van der Waals surface area contributed by atoms with Gasteiger partial charge in [-0.3, -0.25) is 4.79 Å². The fourth-order valence-electron chi connectivity index (χ4n) is 4.50. The molecule has 2 bridgehead atoms. The van der Waals surface area contributed by atoms with Crippen molar-refractivity contribution in [3.63, 3.8) is 0 Å². The highest BCUT2D eigenvalue weighted by atomic mass is 79.9. The quantitative estimate of drug-likeness (QED) is 0.704. The van der Waals surface area contributed by atoms with Crippen LogP contribution in [0.4, 0.5) is 0 Å². The maximum Gasteiger partial charge on any atom is 0.193 e. The van der Waals surface area contributed by atoms with Crippen LogP contribution in [0.15, 0.2) is 60.7 Å². The van der Waals surface area contributed by atoms with E-state index in [2.05, 4.69) is 54.6 Å². The average molecular weight is 386 g/mol. The molecule has 0 saturated carbocycles. The van der Waals surface area contributed by atoms with Crippen LogP contribution in [0.2, 0.25) is 0 Å². The molecule has 0 unspecified atom stereocenters. The predicted molar refractivity (Wildman–Crippen MR) is 91.8 cm³/mol. The van der Waals surface area contributed by atoms with Crippen molar-refractivity contribution in [2.45, 2.75) is 25.8 Å². The van der Waals surface area contributed by atoms with Crippen molar-refractivity contribution in [3.05, 3.63) is 71.8 Å². The van der Waals surface area contributed by atoms with Crippen LogP contribution in [0.5, 0.6) is 0 Å². The number of rotatable bonds is 4. The molecule has 3 aliphatic heterocycles. The summed E-state index contributed by atoms with van der Waals surface area (Å²) in [5.41, 5.74) is 2.58. The molecule has 3 fully saturated rings. The highest BCUT2D eigenvalue weighted by Crippen LogP contribution is 2.44. The number of ketones is 1. The fourth-order valence-corrected chi connectivity index (χ4v) is 4.50. The van der Waals surface area contributed by atoms with Gasteiger partial charge in [0.05, 0.1) is 13.1 Å². The third-order valence-corrected chi connectivity index (χ3v) is 5.95. The van der Waals surface area contributed by atoms with Crippen molar-refractivity contribution in [1.82, 2.24) is 0 Å². The van der Waals surface area contributed by atoms with E-state index in [1.54, 1.807) is 0 Å². The first-order chi connectivity index (χ1) is 11.2. The number of fused-ring (bicyclic) bond motifs is 3. The molecule has 5 rings (SSSR count). The van der Waals surface area contributed by atoms with Gasteiger partial charge in [0.2, 0.25) is 0 Å². The van der Waals surface area contributed by atoms with E-state index in [-0.39, 0.29) is 22.4 Å². The van der Waals surface area contributed by atoms with Gasteiger partial charge in [-0.25, -0.2) is 0 Å². The van der Waals surface area contributed by atoms with E-state index in [4.69, 9.17) is 0 Å². The molecule has 2 nitrogen and oxygen atoms in total. The molecule has 2 aromatic carbocycles. The molecule has 0 aliphatic carbocycles. The van der Waals surface area contributed by atoms with E-state index >= 15 is 0 Å². The van der Waals surface area contributed by atoms with Gasteiger partial charge in [0.1, 0.15) is 13.1 Å². The number of halogens is 1. The van der Waals surface area contributed by atoms with Crippen molar-refractivity contribution in [2.24, 2.45) is 5.41 Å². The first kappa shape index (κ1) is 17.4. The number of nitrogens with zero attached hydrogens (tertiary/aromatic N) is 1. The molecule has 0 spiro atoms. The summed E-state index contributed by atoms with van der Waals surface area (Å²) < 4.78 is 0.972. The smallest absolute Gasteiger partial charge is 0.193 e. The Balaban J connectivity index is 0.00000169. The van der Waals surface area contributed by atoms with Crippen LogP contribution >= 0.6 is 0 Å². The highest BCUT2D eigenvalue weighted by Gasteiger charge is 2.54. The molecule has 3 saturated heterocycles. The largest absolute Gasteiger partial charge is 1.00 e. The van der Waals surface area contributed by atoms with Crippen LogP contribution in [-0.4, -0.2) is 29.9 Å². The third-order valence-electron chi connectivity index (χ3n) is 5.95. The Kier molecular flexibility index (Phi) is 4.93. The Bertz CT molecular complexity index is 690. The van der Waals surface area contributed by atoms with Crippen LogP contribution in [0, 0.1) is 5.41 Å². The zero-order valence-electron chi connectivity index (χ0n) is 14.0. The molecule has 2 aromatic rings. The van der Waals surface area contributed by atoms with Crippen molar-refractivity contribution in [3.8, 4) is 0 Å². The second-order valence-corrected chi connectivity index (χ2v) is 7.46. The number of quaternary nitrogens is 1. The van der Waals surface area contributed by atoms with Crippen LogP contribution < -0.4 is 17.0 Å². The standard InChI is InChI=1S/C21H24NO.BrH/c23-20-17-22(16-19-9-5-2-6-10-19)13-11-21(20,12-14-22)15-18-7-3-1-4-8-18;/h1-10H,11-17H2;1H/q+1;/p-1. The summed E-state index contributed by atoms with van der Waals surface area (Å²) in [6.45, 7) is 4.02. The van der Waals surface area contributed by atoms with Gasteiger partial charge in [-0.15, -0.1) is 0 Å². The van der Waals surface area contributed by atoms with Gasteiger partial charge in [0.25, 0.3) is 0 Å². The van der Waals surface area contributed by atoms with Crippen LogP contribution in [0.3, 0.4) is 0 Å². The minimum atomic E-state index is -0.0853. The minimum Gasteiger partial charge on any atom is -1.00 e. The topological polar surface area (TPSA) is 17.1 Å². The SMILES string of the molecule is O=C1C[N+]2(Cc3ccccc3)CCC1(Cc1ccccc1)CC2.[Br-]. The molecule has 24 heavy (non-hydrogen) atoms. The number of carbonyl (C=O) groups excluding carboxylic acids is 1. The molecule has 3 aliphatic rings. The fraction of sp³-hybridized carbons (Fsp3) is 0.381. The van der Waals surface area contributed by atoms with Crippen molar-refractivity contribution in [2.75, 3.05) is 19.6 Å². The third kappa shape index (κ3) is 3.20. The van der Waals surface area contributed by atoms with Gasteiger partial charge in [0, 0.05) is 23.8 Å².